The Kier molecular flexibility index (Phi) is 8.78. The molecule has 0 unspecified atom stereocenters. The zero-order valence-electron chi connectivity index (χ0n) is 25.7. The van der Waals surface area contributed by atoms with Crippen LogP contribution in [0.3, 0.4) is 0 Å². The summed E-state index contributed by atoms with van der Waals surface area (Å²) < 4.78 is 41.8. The first-order valence-corrected chi connectivity index (χ1v) is 17.7. The van der Waals surface area contributed by atoms with Crippen molar-refractivity contribution >= 4 is 33.2 Å². The third kappa shape index (κ3) is 5.88. The Morgan fingerprint density at radius 1 is 1.18 bits per heavy atom. The number of carbonyl (C=O) groups excluding carboxylic acids is 1. The van der Waals surface area contributed by atoms with Crippen LogP contribution in [0.1, 0.15) is 67.4 Å². The Morgan fingerprint density at radius 3 is 2.73 bits per heavy atom. The fourth-order valence-corrected chi connectivity index (χ4v) is 9.96. The Morgan fingerprint density at radius 2 is 2.00 bits per heavy atom. The van der Waals surface area contributed by atoms with Crippen LogP contribution < -0.4 is 14.4 Å². The Hall–Kier alpha value is -2.59. The number of aliphatic hydroxyl groups is 1. The minimum Gasteiger partial charge on any atom is -0.490 e. The number of methoxy groups -OCH3 is 1. The predicted octanol–water partition coefficient (Wildman–Crippen LogP) is 5.26. The van der Waals surface area contributed by atoms with Gasteiger partial charge in [0.05, 0.1) is 24.5 Å². The number of halogens is 1. The van der Waals surface area contributed by atoms with Gasteiger partial charge >= 0.3 is 0 Å². The molecular weight excluding hydrogens is 600 g/mol. The minimum absolute atomic E-state index is 0.0808. The summed E-state index contributed by atoms with van der Waals surface area (Å²) in [6, 6.07) is 11.3. The average molecular weight is 643 g/mol. The second-order valence-corrected chi connectivity index (χ2v) is 15.7. The van der Waals surface area contributed by atoms with E-state index < -0.39 is 33.4 Å². The van der Waals surface area contributed by atoms with Gasteiger partial charge in [-0.05, 0) is 97.7 Å². The monoisotopic (exact) mass is 642 g/mol. The third-order valence-corrected chi connectivity index (χ3v) is 12.6. The van der Waals surface area contributed by atoms with E-state index in [-0.39, 0.29) is 28.7 Å². The highest BCUT2D eigenvalue weighted by molar-refractivity contribution is 7.90. The van der Waals surface area contributed by atoms with Gasteiger partial charge < -0.3 is 19.5 Å². The summed E-state index contributed by atoms with van der Waals surface area (Å²) in [5.41, 5.74) is 3.24. The maximum Gasteiger partial charge on any atom is 0.264 e. The smallest absolute Gasteiger partial charge is 0.264 e. The molecule has 2 aliphatic heterocycles. The van der Waals surface area contributed by atoms with Gasteiger partial charge in [-0.3, -0.25) is 4.79 Å². The quantitative estimate of drug-likeness (QED) is 0.431. The molecule has 10 heteroatoms. The SMILES string of the molecule is CO[C@@H]1C/C=C/[C@H](O)[C@@H]2CC[C@H]2CN2C[C@@]3(CCCc4cc(Cl)ccc43)COc3ccc(cc32)C(=O)NS(=O)(=O)[C@@H]1C(C)C. The van der Waals surface area contributed by atoms with Crippen LogP contribution in [0.15, 0.2) is 48.6 Å². The van der Waals surface area contributed by atoms with Gasteiger partial charge in [0.15, 0.2) is 0 Å². The molecule has 1 fully saturated rings. The summed E-state index contributed by atoms with van der Waals surface area (Å²) in [5, 5.41) is 11.0. The Balaban J connectivity index is 1.43. The van der Waals surface area contributed by atoms with E-state index in [9.17, 15) is 18.3 Å². The van der Waals surface area contributed by atoms with Crippen molar-refractivity contribution in [2.24, 2.45) is 17.8 Å². The molecule has 2 aromatic carbocycles. The Bertz CT molecular complexity index is 1540. The molecule has 0 radical (unpaired) electrons. The van der Waals surface area contributed by atoms with Crippen molar-refractivity contribution < 1.29 is 27.8 Å². The lowest BCUT2D eigenvalue weighted by Gasteiger charge is -2.45. The van der Waals surface area contributed by atoms with Crippen molar-refractivity contribution in [3.8, 4) is 5.75 Å². The number of anilines is 1. The zero-order valence-corrected chi connectivity index (χ0v) is 27.2. The van der Waals surface area contributed by atoms with Gasteiger partial charge in [0.25, 0.3) is 5.91 Å². The molecule has 238 valence electrons. The molecule has 6 rings (SSSR count). The van der Waals surface area contributed by atoms with Crippen LogP contribution in [0.25, 0.3) is 0 Å². The van der Waals surface area contributed by atoms with E-state index in [0.29, 0.717) is 31.9 Å². The summed E-state index contributed by atoms with van der Waals surface area (Å²) in [7, 11) is -2.63. The largest absolute Gasteiger partial charge is 0.490 e. The van der Waals surface area contributed by atoms with Gasteiger partial charge in [-0.15, -0.1) is 0 Å². The first kappa shape index (κ1) is 31.4. The molecule has 1 spiro atoms. The van der Waals surface area contributed by atoms with Gasteiger partial charge in [0.2, 0.25) is 10.0 Å². The predicted molar refractivity (Wildman–Crippen MR) is 172 cm³/mol. The van der Waals surface area contributed by atoms with E-state index in [0.717, 1.165) is 42.8 Å². The number of sulfonamides is 1. The number of amides is 1. The van der Waals surface area contributed by atoms with Crippen LogP contribution in [-0.4, -0.2) is 63.7 Å². The average Bonchev–Trinajstić information content (AvgIpc) is 3.10. The maximum absolute atomic E-state index is 13.6. The third-order valence-electron chi connectivity index (χ3n) is 10.3. The summed E-state index contributed by atoms with van der Waals surface area (Å²) in [6.07, 6.45) is 7.43. The van der Waals surface area contributed by atoms with Crippen LogP contribution in [0.5, 0.6) is 5.75 Å². The molecule has 44 heavy (non-hydrogen) atoms. The van der Waals surface area contributed by atoms with Crippen LogP contribution in [0.4, 0.5) is 5.69 Å². The lowest BCUT2D eigenvalue weighted by atomic mass is 9.68. The number of aliphatic hydroxyl groups excluding tert-OH is 1. The second-order valence-electron chi connectivity index (χ2n) is 13.4. The van der Waals surface area contributed by atoms with Crippen LogP contribution in [0, 0.1) is 17.8 Å². The van der Waals surface area contributed by atoms with Gasteiger partial charge in [0, 0.05) is 36.2 Å². The molecule has 0 aromatic heterocycles. The molecule has 4 aliphatic rings. The molecule has 2 N–H and O–H groups in total. The fourth-order valence-electron chi connectivity index (χ4n) is 7.91. The van der Waals surface area contributed by atoms with Crippen molar-refractivity contribution in [3.05, 3.63) is 70.3 Å². The molecule has 1 amide bonds. The number of aryl methyl sites for hydroxylation is 1. The van der Waals surface area contributed by atoms with Crippen molar-refractivity contribution in [2.45, 2.75) is 75.2 Å². The minimum atomic E-state index is -4.11. The van der Waals surface area contributed by atoms with E-state index in [4.69, 9.17) is 21.1 Å². The normalized spacial score (nSPS) is 32.5. The summed E-state index contributed by atoms with van der Waals surface area (Å²) in [4.78, 5) is 15.9. The van der Waals surface area contributed by atoms with Gasteiger partial charge in [-0.2, -0.15) is 0 Å². The van der Waals surface area contributed by atoms with E-state index in [1.807, 2.05) is 12.1 Å². The topological polar surface area (TPSA) is 105 Å². The number of nitrogens with zero attached hydrogens (tertiary/aromatic N) is 1. The number of carbonyl (C=O) groups is 1. The highest BCUT2D eigenvalue weighted by Gasteiger charge is 2.44. The van der Waals surface area contributed by atoms with Crippen molar-refractivity contribution in [2.75, 3.05) is 31.7 Å². The van der Waals surface area contributed by atoms with Gasteiger partial charge in [-0.1, -0.05) is 43.7 Å². The molecule has 8 nitrogen and oxygen atoms in total. The number of fused-ring (bicyclic) bond motifs is 4. The standard InChI is InChI=1S/C34H43ClN2O6S/c1-21(2)32-31(42-3)8-4-7-29(38)26-12-9-24(26)18-37-19-34(15-5-6-22-16-25(35)11-13-27(22)34)20-43-30-14-10-23(17-28(30)37)33(39)36-44(32,40)41/h4,7,10-11,13-14,16-17,21,24,26,29,31-32,38H,5-6,8-9,12,15,18-20H2,1-3H3,(H,36,39)/b7-4+/t24-,26+,29-,31+,32+,34-/m0/s1. The summed E-state index contributed by atoms with van der Waals surface area (Å²) >= 11 is 6.40. The maximum atomic E-state index is 13.6. The number of hydrogen-bond donors (Lipinski definition) is 2. The van der Waals surface area contributed by atoms with E-state index in [1.54, 1.807) is 38.1 Å². The number of nitrogens with one attached hydrogen (secondary N) is 1. The van der Waals surface area contributed by atoms with Crippen LogP contribution >= 0.6 is 11.6 Å². The van der Waals surface area contributed by atoms with Crippen molar-refractivity contribution in [1.82, 2.24) is 4.72 Å². The second kappa shape index (κ2) is 12.3. The number of ether oxygens (including phenoxy) is 2. The molecule has 2 aliphatic carbocycles. The van der Waals surface area contributed by atoms with Crippen LogP contribution in [-0.2, 0) is 26.6 Å². The van der Waals surface area contributed by atoms with E-state index in [2.05, 4.69) is 21.8 Å². The highest BCUT2D eigenvalue weighted by atomic mass is 35.5. The number of rotatable bonds is 2. The van der Waals surface area contributed by atoms with Crippen molar-refractivity contribution in [1.29, 1.82) is 0 Å². The zero-order chi connectivity index (χ0) is 31.2. The van der Waals surface area contributed by atoms with Gasteiger partial charge in [0.1, 0.15) is 11.0 Å². The molecule has 6 atom stereocenters. The molecule has 2 heterocycles. The van der Waals surface area contributed by atoms with Crippen molar-refractivity contribution in [3.63, 3.8) is 0 Å². The lowest BCUT2D eigenvalue weighted by Crippen LogP contribution is -2.49. The highest BCUT2D eigenvalue weighted by Crippen LogP contribution is 2.46. The van der Waals surface area contributed by atoms with E-state index >= 15 is 0 Å². The first-order chi connectivity index (χ1) is 21.0. The Labute approximate surface area is 265 Å². The molecule has 0 saturated heterocycles. The number of benzene rings is 2. The molecule has 1 saturated carbocycles. The summed E-state index contributed by atoms with van der Waals surface area (Å²) in [6.45, 7) is 5.47. The summed E-state index contributed by atoms with van der Waals surface area (Å²) in [5.74, 6) is -0.00166. The van der Waals surface area contributed by atoms with Gasteiger partial charge in [-0.25, -0.2) is 13.1 Å². The molecule has 2 bridgehead atoms. The lowest BCUT2D eigenvalue weighted by molar-refractivity contribution is 0.0450. The number of hydrogen-bond acceptors (Lipinski definition) is 7. The van der Waals surface area contributed by atoms with Crippen LogP contribution in [0.2, 0.25) is 5.02 Å². The fraction of sp³-hybridized carbons (Fsp3) is 0.559. The molecule has 2 aromatic rings. The molecular formula is C34H43ClN2O6S. The van der Waals surface area contributed by atoms with E-state index in [1.165, 1.54) is 18.2 Å². The first-order valence-electron chi connectivity index (χ1n) is 15.8.